The summed E-state index contributed by atoms with van der Waals surface area (Å²) >= 11 is 0. The number of carbonyl (C=O) groups is 5. The number of amides is 3. The minimum Gasteiger partial charge on any atom is -0.457 e. The number of aliphatic hydroxyl groups is 1. The van der Waals surface area contributed by atoms with Crippen molar-refractivity contribution in [3.63, 3.8) is 0 Å². The van der Waals surface area contributed by atoms with Crippen LogP contribution in [-0.4, -0.2) is 75.6 Å². The Morgan fingerprint density at radius 3 is 2.12 bits per heavy atom. The van der Waals surface area contributed by atoms with Crippen LogP contribution in [0.3, 0.4) is 0 Å². The molecule has 4 aromatic carbocycles. The van der Waals surface area contributed by atoms with Gasteiger partial charge in [0, 0.05) is 24.6 Å². The minimum absolute atomic E-state index is 0.0128. The van der Waals surface area contributed by atoms with Gasteiger partial charge >= 0.3 is 12.1 Å². The van der Waals surface area contributed by atoms with Crippen molar-refractivity contribution in [2.75, 3.05) is 6.61 Å². The van der Waals surface area contributed by atoms with Gasteiger partial charge in [-0.1, -0.05) is 117 Å². The minimum atomic E-state index is -1.37. The van der Waals surface area contributed by atoms with Crippen LogP contribution in [0.5, 0.6) is 0 Å². The third kappa shape index (κ3) is 12.4. The maximum Gasteiger partial charge on any atom is 0.408 e. The number of rotatable bonds is 19. The number of ether oxygens (including phenoxy) is 2. The van der Waals surface area contributed by atoms with Gasteiger partial charge in [0.2, 0.25) is 11.8 Å². The van der Waals surface area contributed by atoms with Crippen LogP contribution in [0.15, 0.2) is 116 Å². The second-order valence-electron chi connectivity index (χ2n) is 13.9. The monoisotopic (exact) mass is 761 g/mol. The summed E-state index contributed by atoms with van der Waals surface area (Å²) in [5, 5.41) is 21.4. The summed E-state index contributed by atoms with van der Waals surface area (Å²) in [7, 11) is 0. The number of ketones is 1. The smallest absolute Gasteiger partial charge is 0.408 e. The zero-order valence-electron chi connectivity index (χ0n) is 31.4. The van der Waals surface area contributed by atoms with Gasteiger partial charge in [-0.05, 0) is 34.2 Å². The Hall–Kier alpha value is -6.34. The Balaban J connectivity index is 1.31. The molecular formula is C43H47N5O8. The van der Waals surface area contributed by atoms with Gasteiger partial charge in [-0.15, -0.1) is 0 Å². The number of alkyl carbamates (subject to hydrolysis) is 1. The Morgan fingerprint density at radius 1 is 0.750 bits per heavy atom. The van der Waals surface area contributed by atoms with Crippen molar-refractivity contribution >= 4 is 40.4 Å². The lowest BCUT2D eigenvalue weighted by atomic mass is 9.96. The number of nitrogens with one attached hydrogen (secondary N) is 4. The van der Waals surface area contributed by atoms with E-state index in [-0.39, 0.29) is 31.8 Å². The second-order valence-corrected chi connectivity index (χ2v) is 13.9. The number of H-pyrrole nitrogens is 1. The number of fused-ring (bicyclic) bond motifs is 1. The maximum atomic E-state index is 14.2. The molecule has 292 valence electrons. The molecule has 0 bridgehead atoms. The molecule has 3 amide bonds. The Labute approximate surface area is 325 Å². The molecule has 1 heterocycles. The molecule has 5 rings (SSSR count). The molecule has 0 saturated heterocycles. The van der Waals surface area contributed by atoms with E-state index in [1.165, 1.54) is 6.33 Å². The van der Waals surface area contributed by atoms with E-state index in [0.29, 0.717) is 11.3 Å². The number of aromatic amines is 1. The first kappa shape index (κ1) is 40.8. The summed E-state index contributed by atoms with van der Waals surface area (Å²) < 4.78 is 10.6. The number of nitrogens with zero attached hydrogens (tertiary/aromatic N) is 1. The first-order valence-electron chi connectivity index (χ1n) is 18.5. The van der Waals surface area contributed by atoms with E-state index >= 15 is 0 Å². The van der Waals surface area contributed by atoms with Crippen LogP contribution in [0.25, 0.3) is 10.8 Å². The quantitative estimate of drug-likeness (QED) is 0.0580. The average molecular weight is 762 g/mol. The molecule has 5 N–H and O–H groups in total. The predicted molar refractivity (Wildman–Crippen MR) is 209 cm³/mol. The Morgan fingerprint density at radius 2 is 1.41 bits per heavy atom. The number of Topliss-reactive ketones (excluding diaryl/α,β-unsaturated/α-hetero) is 1. The summed E-state index contributed by atoms with van der Waals surface area (Å²) in [4.78, 5) is 73.6. The van der Waals surface area contributed by atoms with Gasteiger partial charge in [-0.25, -0.2) is 9.78 Å². The highest BCUT2D eigenvalue weighted by molar-refractivity contribution is 5.98. The first-order chi connectivity index (χ1) is 27.0. The number of benzene rings is 4. The van der Waals surface area contributed by atoms with Crippen molar-refractivity contribution in [2.24, 2.45) is 5.92 Å². The van der Waals surface area contributed by atoms with Gasteiger partial charge in [0.25, 0.3) is 0 Å². The van der Waals surface area contributed by atoms with Gasteiger partial charge in [0.05, 0.1) is 30.6 Å². The van der Waals surface area contributed by atoms with E-state index in [9.17, 15) is 29.1 Å². The van der Waals surface area contributed by atoms with Gasteiger partial charge in [0.15, 0.2) is 12.4 Å². The molecule has 0 aliphatic carbocycles. The molecule has 0 radical (unpaired) electrons. The summed E-state index contributed by atoms with van der Waals surface area (Å²) in [5.41, 5.74) is 2.41. The molecule has 5 aromatic rings. The summed E-state index contributed by atoms with van der Waals surface area (Å²) in [6, 6.07) is 27.6. The van der Waals surface area contributed by atoms with Crippen molar-refractivity contribution in [1.82, 2.24) is 25.9 Å². The normalized spacial score (nSPS) is 13.2. The number of imidazole rings is 1. The third-order valence-electron chi connectivity index (χ3n) is 9.08. The molecule has 56 heavy (non-hydrogen) atoms. The highest BCUT2D eigenvalue weighted by Gasteiger charge is 2.32. The molecule has 1 aromatic heterocycles. The zero-order chi connectivity index (χ0) is 39.9. The van der Waals surface area contributed by atoms with Crippen LogP contribution < -0.4 is 16.0 Å². The highest BCUT2D eigenvalue weighted by atomic mass is 16.5. The summed E-state index contributed by atoms with van der Waals surface area (Å²) in [6.07, 6.45) is 0.680. The van der Waals surface area contributed by atoms with Gasteiger partial charge in [-0.3, -0.25) is 19.2 Å². The van der Waals surface area contributed by atoms with Gasteiger partial charge in [0.1, 0.15) is 18.7 Å². The molecule has 0 fully saturated rings. The van der Waals surface area contributed by atoms with Crippen molar-refractivity contribution < 1.29 is 38.6 Å². The topological polar surface area (TPSA) is 189 Å². The fraction of sp³-hybridized carbons (Fsp3) is 0.302. The predicted octanol–water partition coefficient (Wildman–Crippen LogP) is 4.84. The molecule has 0 aliphatic rings. The number of esters is 1. The number of hydrogen-bond acceptors (Lipinski definition) is 9. The Kier molecular flexibility index (Phi) is 14.9. The fourth-order valence-electron chi connectivity index (χ4n) is 6.23. The van der Waals surface area contributed by atoms with E-state index in [2.05, 4.69) is 25.9 Å². The van der Waals surface area contributed by atoms with E-state index in [1.807, 2.05) is 86.6 Å². The van der Waals surface area contributed by atoms with Crippen molar-refractivity contribution in [1.29, 1.82) is 0 Å². The van der Waals surface area contributed by atoms with E-state index in [1.54, 1.807) is 36.5 Å². The average Bonchev–Trinajstić information content (AvgIpc) is 3.72. The van der Waals surface area contributed by atoms with Crippen LogP contribution in [0.4, 0.5) is 4.79 Å². The van der Waals surface area contributed by atoms with Crippen molar-refractivity contribution in [3.05, 3.63) is 138 Å². The van der Waals surface area contributed by atoms with Crippen LogP contribution in [-0.2, 0) is 43.3 Å². The lowest BCUT2D eigenvalue weighted by Crippen LogP contribution is -2.57. The summed E-state index contributed by atoms with van der Waals surface area (Å²) in [6.45, 7) is 3.27. The van der Waals surface area contributed by atoms with E-state index in [0.717, 1.165) is 21.9 Å². The molecule has 0 unspecified atom stereocenters. The number of aromatic nitrogens is 2. The van der Waals surface area contributed by atoms with Gasteiger partial charge in [-0.2, -0.15) is 0 Å². The molecule has 0 saturated carbocycles. The van der Waals surface area contributed by atoms with Crippen LogP contribution in [0.1, 0.15) is 53.9 Å². The fourth-order valence-corrected chi connectivity index (χ4v) is 6.23. The number of hydrogen-bond donors (Lipinski definition) is 5. The molecule has 0 aliphatic heterocycles. The number of carbonyl (C=O) groups excluding carboxylic acids is 5. The van der Waals surface area contributed by atoms with Crippen molar-refractivity contribution in [3.8, 4) is 0 Å². The van der Waals surface area contributed by atoms with Crippen LogP contribution in [0, 0.1) is 5.92 Å². The maximum absolute atomic E-state index is 14.2. The SMILES string of the molecule is CC(C)C[C@H](NC(=O)[C@H](Cc1c[nH]cn1)NC(=O)[C@H](Cc1cccc2ccccc12)NC(=O)OCc1ccccc1)[C@@H](O)CC(=O)OCC(=O)c1ccccc1. The zero-order valence-corrected chi connectivity index (χ0v) is 31.4. The van der Waals surface area contributed by atoms with Gasteiger partial charge < -0.3 is 35.5 Å². The molecular weight excluding hydrogens is 715 g/mol. The first-order valence-corrected chi connectivity index (χ1v) is 18.5. The lowest BCUT2D eigenvalue weighted by Gasteiger charge is -2.28. The van der Waals surface area contributed by atoms with Crippen molar-refractivity contribution in [2.45, 2.75) is 70.4 Å². The second kappa shape index (κ2) is 20.4. The van der Waals surface area contributed by atoms with Crippen LogP contribution in [0.2, 0.25) is 0 Å². The van der Waals surface area contributed by atoms with Crippen LogP contribution >= 0.6 is 0 Å². The van der Waals surface area contributed by atoms with E-state index in [4.69, 9.17) is 9.47 Å². The molecule has 4 atom stereocenters. The lowest BCUT2D eigenvalue weighted by molar-refractivity contribution is -0.145. The third-order valence-corrected chi connectivity index (χ3v) is 9.08. The molecule has 13 nitrogen and oxygen atoms in total. The standard InChI is InChI=1S/C43H47N5O8/c1-28(2)20-35(38(49)23-40(51)55-26-39(50)31-15-7-4-8-16-31)46-42(53)37(22-33-24-44-27-45-33)47-41(52)36(48-43(54)56-25-29-12-5-3-6-13-29)21-32-18-11-17-30-14-9-10-19-34(30)32/h3-19,24,27-28,35-38,49H,20-23,25-26H2,1-2H3,(H,44,45)(H,46,53)(H,47,52)(H,48,54)/t35-,36-,37-,38-/m0/s1. The molecule has 0 spiro atoms. The summed E-state index contributed by atoms with van der Waals surface area (Å²) in [5.74, 6) is -2.52. The highest BCUT2D eigenvalue weighted by Crippen LogP contribution is 2.20. The Bertz CT molecular complexity index is 2050. The largest absolute Gasteiger partial charge is 0.457 e. The molecule has 13 heteroatoms. The van der Waals surface area contributed by atoms with E-state index < -0.39 is 66.9 Å². The number of aliphatic hydroxyl groups excluding tert-OH is 1.